The second-order valence-corrected chi connectivity index (χ2v) is 5.74. The third kappa shape index (κ3) is 4.52. The number of ether oxygens (including phenoxy) is 1. The van der Waals surface area contributed by atoms with E-state index in [2.05, 4.69) is 0 Å². The zero-order valence-electron chi connectivity index (χ0n) is 11.2. The van der Waals surface area contributed by atoms with E-state index in [1.54, 1.807) is 4.90 Å². The average molecular weight is 258 g/mol. The molecule has 1 aliphatic heterocycles. The Morgan fingerprint density at radius 3 is 2.61 bits per heavy atom. The molecule has 0 radical (unpaired) electrons. The summed E-state index contributed by atoms with van der Waals surface area (Å²) in [7, 11) is 0. The normalized spacial score (nSPS) is 21.8. The highest BCUT2D eigenvalue weighted by molar-refractivity contribution is 5.69. The van der Waals surface area contributed by atoms with Crippen LogP contribution < -0.4 is 5.73 Å². The van der Waals surface area contributed by atoms with Gasteiger partial charge in [0.15, 0.2) is 0 Å². The van der Waals surface area contributed by atoms with Crippen molar-refractivity contribution < 1.29 is 19.4 Å². The summed E-state index contributed by atoms with van der Waals surface area (Å²) in [6.07, 6.45) is 0.313. The Balaban J connectivity index is 2.46. The Hall–Kier alpha value is -1.30. The summed E-state index contributed by atoms with van der Waals surface area (Å²) in [5.74, 6) is -0.869. The van der Waals surface area contributed by atoms with E-state index in [0.717, 1.165) is 6.42 Å². The van der Waals surface area contributed by atoms with E-state index in [4.69, 9.17) is 15.6 Å². The highest BCUT2D eigenvalue weighted by atomic mass is 16.6. The van der Waals surface area contributed by atoms with Gasteiger partial charge in [-0.15, -0.1) is 0 Å². The number of carboxylic acids is 1. The number of nitrogens with zero attached hydrogens (tertiary/aromatic N) is 1. The van der Waals surface area contributed by atoms with Crippen LogP contribution in [-0.4, -0.2) is 46.8 Å². The standard InChI is InChI=1S/C12H22N2O4/c1-12(2,3)18-11(17)14-5-4-8(7-14)9(13)6-10(15)16/h8-9H,4-7,13H2,1-3H3,(H,15,16)/t8-,9+/m0/s1. The molecule has 6 nitrogen and oxygen atoms in total. The number of likely N-dealkylation sites (tertiary alicyclic amines) is 1. The van der Waals surface area contributed by atoms with Crippen LogP contribution in [0.5, 0.6) is 0 Å². The second-order valence-electron chi connectivity index (χ2n) is 5.74. The van der Waals surface area contributed by atoms with Gasteiger partial charge in [0.05, 0.1) is 6.42 Å². The first kappa shape index (κ1) is 14.8. The second kappa shape index (κ2) is 5.56. The maximum atomic E-state index is 11.8. The molecule has 0 aromatic heterocycles. The minimum absolute atomic E-state index is 0.0358. The molecule has 2 atom stereocenters. The number of rotatable bonds is 3. The highest BCUT2D eigenvalue weighted by Crippen LogP contribution is 2.22. The maximum absolute atomic E-state index is 11.8. The summed E-state index contributed by atoms with van der Waals surface area (Å²) < 4.78 is 5.26. The smallest absolute Gasteiger partial charge is 0.410 e. The van der Waals surface area contributed by atoms with Gasteiger partial charge in [-0.3, -0.25) is 4.79 Å². The molecule has 0 aromatic rings. The number of carboxylic acid groups (broad SMARTS) is 1. The molecular weight excluding hydrogens is 236 g/mol. The summed E-state index contributed by atoms with van der Waals surface area (Å²) in [4.78, 5) is 24.0. The number of nitrogens with two attached hydrogens (primary N) is 1. The lowest BCUT2D eigenvalue weighted by Crippen LogP contribution is -2.38. The van der Waals surface area contributed by atoms with E-state index in [9.17, 15) is 9.59 Å². The molecule has 0 aromatic carbocycles. The van der Waals surface area contributed by atoms with Crippen molar-refractivity contribution in [1.29, 1.82) is 0 Å². The molecule has 1 rings (SSSR count). The van der Waals surface area contributed by atoms with Crippen LogP contribution in [0.2, 0.25) is 0 Å². The number of carbonyl (C=O) groups is 2. The Morgan fingerprint density at radius 1 is 1.50 bits per heavy atom. The molecule has 0 spiro atoms. The van der Waals surface area contributed by atoms with Crippen LogP contribution in [0.1, 0.15) is 33.6 Å². The van der Waals surface area contributed by atoms with Crippen molar-refractivity contribution in [3.8, 4) is 0 Å². The van der Waals surface area contributed by atoms with Gasteiger partial charge in [0, 0.05) is 19.1 Å². The summed E-state index contributed by atoms with van der Waals surface area (Å²) >= 11 is 0. The molecule has 1 fully saturated rings. The molecule has 3 N–H and O–H groups in total. The number of aliphatic carboxylic acids is 1. The van der Waals surface area contributed by atoms with E-state index < -0.39 is 17.6 Å². The van der Waals surface area contributed by atoms with Gasteiger partial charge in [0.2, 0.25) is 0 Å². The fourth-order valence-electron chi connectivity index (χ4n) is 2.00. The van der Waals surface area contributed by atoms with E-state index in [-0.39, 0.29) is 18.4 Å². The minimum Gasteiger partial charge on any atom is -0.481 e. The predicted octanol–water partition coefficient (Wildman–Crippen LogP) is 1.05. The van der Waals surface area contributed by atoms with Gasteiger partial charge in [-0.25, -0.2) is 4.79 Å². The van der Waals surface area contributed by atoms with Crippen LogP contribution in [0.3, 0.4) is 0 Å². The lowest BCUT2D eigenvalue weighted by atomic mass is 9.97. The van der Waals surface area contributed by atoms with Crippen molar-refractivity contribution in [2.75, 3.05) is 13.1 Å². The van der Waals surface area contributed by atoms with E-state index in [1.807, 2.05) is 20.8 Å². The van der Waals surface area contributed by atoms with E-state index in [0.29, 0.717) is 13.1 Å². The summed E-state index contributed by atoms with van der Waals surface area (Å²) in [5, 5.41) is 8.69. The van der Waals surface area contributed by atoms with Gasteiger partial charge in [-0.05, 0) is 33.1 Å². The van der Waals surface area contributed by atoms with E-state index in [1.165, 1.54) is 0 Å². The maximum Gasteiger partial charge on any atom is 0.410 e. The average Bonchev–Trinajstić information content (AvgIpc) is 2.61. The molecule has 0 saturated carbocycles. The molecule has 1 amide bonds. The first-order chi connectivity index (χ1) is 8.19. The molecule has 0 bridgehead atoms. The quantitative estimate of drug-likeness (QED) is 0.789. The van der Waals surface area contributed by atoms with Crippen molar-refractivity contribution >= 4 is 12.1 Å². The number of amides is 1. The van der Waals surface area contributed by atoms with Crippen LogP contribution >= 0.6 is 0 Å². The van der Waals surface area contributed by atoms with Gasteiger partial charge in [-0.1, -0.05) is 0 Å². The molecule has 18 heavy (non-hydrogen) atoms. The van der Waals surface area contributed by atoms with Crippen molar-refractivity contribution in [2.24, 2.45) is 11.7 Å². The zero-order valence-corrected chi connectivity index (χ0v) is 11.2. The Kier molecular flexibility index (Phi) is 4.56. The van der Waals surface area contributed by atoms with Crippen molar-refractivity contribution in [3.63, 3.8) is 0 Å². The van der Waals surface area contributed by atoms with Gasteiger partial charge < -0.3 is 20.5 Å². The number of hydrogen-bond donors (Lipinski definition) is 2. The summed E-state index contributed by atoms with van der Waals surface area (Å²) in [6, 6.07) is -0.407. The monoisotopic (exact) mass is 258 g/mol. The molecule has 1 heterocycles. The third-order valence-corrected chi connectivity index (χ3v) is 2.89. The number of hydrogen-bond acceptors (Lipinski definition) is 4. The largest absolute Gasteiger partial charge is 0.481 e. The van der Waals surface area contributed by atoms with Crippen molar-refractivity contribution in [3.05, 3.63) is 0 Å². The first-order valence-corrected chi connectivity index (χ1v) is 6.14. The molecule has 1 aliphatic rings. The van der Waals surface area contributed by atoms with Gasteiger partial charge in [-0.2, -0.15) is 0 Å². The molecule has 1 saturated heterocycles. The third-order valence-electron chi connectivity index (χ3n) is 2.89. The fraction of sp³-hybridized carbons (Fsp3) is 0.833. The lowest BCUT2D eigenvalue weighted by molar-refractivity contribution is -0.137. The molecule has 0 aliphatic carbocycles. The summed E-state index contributed by atoms with van der Waals surface area (Å²) in [6.45, 7) is 6.49. The van der Waals surface area contributed by atoms with Crippen LogP contribution in [0, 0.1) is 5.92 Å². The molecule has 0 unspecified atom stereocenters. The fourth-order valence-corrected chi connectivity index (χ4v) is 2.00. The van der Waals surface area contributed by atoms with Crippen LogP contribution in [0.25, 0.3) is 0 Å². The van der Waals surface area contributed by atoms with Gasteiger partial charge in [0.1, 0.15) is 5.60 Å². The Labute approximate surface area is 107 Å². The summed E-state index contributed by atoms with van der Waals surface area (Å²) in [5.41, 5.74) is 5.29. The first-order valence-electron chi connectivity index (χ1n) is 6.14. The van der Waals surface area contributed by atoms with Gasteiger partial charge >= 0.3 is 12.1 Å². The van der Waals surface area contributed by atoms with Crippen LogP contribution in [-0.2, 0) is 9.53 Å². The highest BCUT2D eigenvalue weighted by Gasteiger charge is 2.33. The van der Waals surface area contributed by atoms with E-state index >= 15 is 0 Å². The minimum atomic E-state index is -0.904. The van der Waals surface area contributed by atoms with Crippen molar-refractivity contribution in [1.82, 2.24) is 4.90 Å². The topological polar surface area (TPSA) is 92.9 Å². The Bertz CT molecular complexity index is 325. The predicted molar refractivity (Wildman–Crippen MR) is 66.1 cm³/mol. The Morgan fingerprint density at radius 2 is 2.11 bits per heavy atom. The number of carbonyl (C=O) groups excluding carboxylic acids is 1. The van der Waals surface area contributed by atoms with Gasteiger partial charge in [0.25, 0.3) is 0 Å². The SMILES string of the molecule is CC(C)(C)OC(=O)N1CC[C@H]([C@H](N)CC(=O)O)C1. The van der Waals surface area contributed by atoms with Crippen LogP contribution in [0.15, 0.2) is 0 Å². The molecular formula is C12H22N2O4. The lowest BCUT2D eigenvalue weighted by Gasteiger charge is -2.25. The molecule has 6 heteroatoms. The molecule has 104 valence electrons. The van der Waals surface area contributed by atoms with Crippen LogP contribution in [0.4, 0.5) is 4.79 Å². The van der Waals surface area contributed by atoms with Crippen molar-refractivity contribution in [2.45, 2.75) is 45.3 Å². The zero-order chi connectivity index (χ0) is 13.9.